The van der Waals surface area contributed by atoms with Gasteiger partial charge in [0.15, 0.2) is 0 Å². The Labute approximate surface area is 106 Å². The van der Waals surface area contributed by atoms with Crippen LogP contribution in [0.25, 0.3) is 0 Å². The van der Waals surface area contributed by atoms with E-state index in [1.807, 2.05) is 6.26 Å². The van der Waals surface area contributed by atoms with E-state index in [0.29, 0.717) is 6.54 Å². The van der Waals surface area contributed by atoms with Crippen LogP contribution in [0.15, 0.2) is 0 Å². The van der Waals surface area contributed by atoms with Gasteiger partial charge in [0, 0.05) is 17.3 Å². The van der Waals surface area contributed by atoms with Gasteiger partial charge in [-0.3, -0.25) is 4.79 Å². The van der Waals surface area contributed by atoms with Crippen molar-refractivity contribution in [2.24, 2.45) is 5.92 Å². The summed E-state index contributed by atoms with van der Waals surface area (Å²) in [6.45, 7) is 3.92. The maximum Gasteiger partial charge on any atom is 0.315 e. The molecule has 0 aromatic heterocycles. The molecular weight excluding hydrogens is 240 g/mol. The van der Waals surface area contributed by atoms with Crippen LogP contribution in [0.1, 0.15) is 26.7 Å². The number of carboxylic acids is 1. The average Bonchev–Trinajstić information content (AvgIpc) is 3.06. The highest BCUT2D eigenvalue weighted by atomic mass is 32.2. The molecule has 1 aliphatic rings. The topological polar surface area (TPSA) is 78.4 Å². The first-order valence-corrected chi connectivity index (χ1v) is 6.95. The molecule has 1 saturated carbocycles. The first kappa shape index (κ1) is 14.2. The molecule has 1 fully saturated rings. The van der Waals surface area contributed by atoms with Crippen LogP contribution in [-0.2, 0) is 4.79 Å². The summed E-state index contributed by atoms with van der Waals surface area (Å²) in [4.78, 5) is 22.3. The minimum Gasteiger partial charge on any atom is -0.481 e. The smallest absolute Gasteiger partial charge is 0.315 e. The van der Waals surface area contributed by atoms with E-state index in [1.165, 1.54) is 0 Å². The highest BCUT2D eigenvalue weighted by Crippen LogP contribution is 2.46. The lowest BCUT2D eigenvalue weighted by Crippen LogP contribution is -2.46. The number of amides is 2. The largest absolute Gasteiger partial charge is 0.481 e. The number of hydrogen-bond acceptors (Lipinski definition) is 3. The first-order chi connectivity index (χ1) is 7.90. The fourth-order valence-electron chi connectivity index (χ4n) is 1.43. The molecule has 0 bridgehead atoms. The number of hydrogen-bond donors (Lipinski definition) is 3. The lowest BCUT2D eigenvalue weighted by atomic mass is 10.0. The number of aliphatic carboxylic acids is 1. The van der Waals surface area contributed by atoms with Crippen LogP contribution in [-0.4, -0.2) is 40.7 Å². The van der Waals surface area contributed by atoms with Gasteiger partial charge < -0.3 is 15.7 Å². The number of urea groups is 1. The minimum absolute atomic E-state index is 0.221. The maximum absolute atomic E-state index is 11.5. The quantitative estimate of drug-likeness (QED) is 0.672. The summed E-state index contributed by atoms with van der Waals surface area (Å²) in [6.07, 6.45) is 4.31. The summed E-state index contributed by atoms with van der Waals surface area (Å²) in [6, 6.07) is -0.664. The van der Waals surface area contributed by atoms with Gasteiger partial charge in [-0.25, -0.2) is 4.79 Å². The second kappa shape index (κ2) is 5.62. The monoisotopic (exact) mass is 260 g/mol. The van der Waals surface area contributed by atoms with E-state index in [-0.39, 0.29) is 16.8 Å². The molecule has 0 aromatic rings. The number of nitrogens with one attached hydrogen (secondary N) is 2. The number of rotatable bonds is 6. The molecular formula is C11H20N2O3S. The molecule has 6 heteroatoms. The molecule has 0 saturated heterocycles. The summed E-state index contributed by atoms with van der Waals surface area (Å²) < 4.78 is 0.221. The SMILES string of the molecule is CSC1(CNC(=O)NC(C)C(C)C(=O)O)CC1. The van der Waals surface area contributed by atoms with Gasteiger partial charge in [-0.1, -0.05) is 0 Å². The van der Waals surface area contributed by atoms with E-state index >= 15 is 0 Å². The molecule has 5 nitrogen and oxygen atoms in total. The molecule has 1 aliphatic carbocycles. The fraction of sp³-hybridized carbons (Fsp3) is 0.818. The lowest BCUT2D eigenvalue weighted by molar-refractivity contribution is -0.141. The molecule has 0 aliphatic heterocycles. The van der Waals surface area contributed by atoms with Crippen molar-refractivity contribution in [2.45, 2.75) is 37.5 Å². The molecule has 2 atom stereocenters. The third-order valence-electron chi connectivity index (χ3n) is 3.31. The van der Waals surface area contributed by atoms with Gasteiger partial charge >= 0.3 is 12.0 Å². The van der Waals surface area contributed by atoms with Gasteiger partial charge in [0.05, 0.1) is 5.92 Å². The van der Waals surface area contributed by atoms with Crippen LogP contribution in [0.3, 0.4) is 0 Å². The maximum atomic E-state index is 11.5. The Balaban J connectivity index is 2.27. The van der Waals surface area contributed by atoms with Crippen LogP contribution >= 0.6 is 11.8 Å². The van der Waals surface area contributed by atoms with E-state index in [2.05, 4.69) is 10.6 Å². The normalized spacial score (nSPS) is 20.2. The molecule has 2 unspecified atom stereocenters. The van der Waals surface area contributed by atoms with Gasteiger partial charge in [0.1, 0.15) is 0 Å². The van der Waals surface area contributed by atoms with Crippen LogP contribution in [0.2, 0.25) is 0 Å². The summed E-state index contributed by atoms with van der Waals surface area (Å²) in [5.74, 6) is -1.49. The average molecular weight is 260 g/mol. The van der Waals surface area contributed by atoms with Crippen molar-refractivity contribution in [1.29, 1.82) is 0 Å². The molecule has 0 aromatic carbocycles. The Kier molecular flexibility index (Phi) is 4.68. The summed E-state index contributed by atoms with van der Waals surface area (Å²) in [5.41, 5.74) is 0. The Bertz CT molecular complexity index is 305. The number of carbonyl (C=O) groups is 2. The standard InChI is InChI=1S/C11H20N2O3S/c1-7(9(14)15)8(2)13-10(16)12-6-11(17-3)4-5-11/h7-8H,4-6H2,1-3H3,(H,14,15)(H2,12,13,16). The van der Waals surface area contributed by atoms with Crippen LogP contribution in [0.5, 0.6) is 0 Å². The van der Waals surface area contributed by atoms with Crippen molar-refractivity contribution in [2.75, 3.05) is 12.8 Å². The second-order valence-corrected chi connectivity index (χ2v) is 5.90. The number of thioether (sulfide) groups is 1. The molecule has 17 heavy (non-hydrogen) atoms. The van der Waals surface area contributed by atoms with Gasteiger partial charge in [-0.2, -0.15) is 11.8 Å². The zero-order chi connectivity index (χ0) is 13.1. The third kappa shape index (κ3) is 4.11. The van der Waals surface area contributed by atoms with E-state index in [4.69, 9.17) is 5.11 Å². The molecule has 1 rings (SSSR count). The fourth-order valence-corrected chi connectivity index (χ4v) is 2.16. The van der Waals surface area contributed by atoms with Gasteiger partial charge in [0.2, 0.25) is 0 Å². The van der Waals surface area contributed by atoms with Crippen LogP contribution < -0.4 is 10.6 Å². The number of carboxylic acid groups (broad SMARTS) is 1. The zero-order valence-electron chi connectivity index (χ0n) is 10.4. The first-order valence-electron chi connectivity index (χ1n) is 5.72. The van der Waals surface area contributed by atoms with Crippen LogP contribution in [0, 0.1) is 5.92 Å². The molecule has 0 heterocycles. The Morgan fingerprint density at radius 1 is 1.41 bits per heavy atom. The van der Waals surface area contributed by atoms with Crippen molar-refractivity contribution in [3.8, 4) is 0 Å². The van der Waals surface area contributed by atoms with Crippen molar-refractivity contribution in [3.05, 3.63) is 0 Å². The Hall–Kier alpha value is -0.910. The summed E-state index contributed by atoms with van der Waals surface area (Å²) >= 11 is 1.77. The predicted molar refractivity (Wildman–Crippen MR) is 68.3 cm³/mol. The predicted octanol–water partition coefficient (Wildman–Crippen LogP) is 1.29. The minimum atomic E-state index is -0.902. The Morgan fingerprint density at radius 2 is 2.00 bits per heavy atom. The number of carbonyl (C=O) groups excluding carboxylic acids is 1. The molecule has 2 amide bonds. The van der Waals surface area contributed by atoms with Crippen molar-refractivity contribution in [3.63, 3.8) is 0 Å². The van der Waals surface area contributed by atoms with E-state index < -0.39 is 11.9 Å². The Morgan fingerprint density at radius 3 is 2.41 bits per heavy atom. The van der Waals surface area contributed by atoms with Gasteiger partial charge in [-0.05, 0) is 32.9 Å². The van der Waals surface area contributed by atoms with Gasteiger partial charge in [0.25, 0.3) is 0 Å². The van der Waals surface area contributed by atoms with Crippen molar-refractivity contribution >= 4 is 23.8 Å². The highest BCUT2D eigenvalue weighted by Gasteiger charge is 2.42. The van der Waals surface area contributed by atoms with E-state index in [9.17, 15) is 9.59 Å². The molecule has 0 radical (unpaired) electrons. The summed E-state index contributed by atoms with van der Waals surface area (Å²) in [7, 11) is 0. The lowest BCUT2D eigenvalue weighted by Gasteiger charge is -2.19. The zero-order valence-corrected chi connectivity index (χ0v) is 11.3. The van der Waals surface area contributed by atoms with E-state index in [1.54, 1.807) is 25.6 Å². The van der Waals surface area contributed by atoms with Crippen molar-refractivity contribution in [1.82, 2.24) is 10.6 Å². The molecule has 98 valence electrons. The van der Waals surface area contributed by atoms with Gasteiger partial charge in [-0.15, -0.1) is 0 Å². The third-order valence-corrected chi connectivity index (χ3v) is 4.73. The van der Waals surface area contributed by atoms with Crippen molar-refractivity contribution < 1.29 is 14.7 Å². The highest BCUT2D eigenvalue weighted by molar-refractivity contribution is 8.00. The van der Waals surface area contributed by atoms with Crippen LogP contribution in [0.4, 0.5) is 4.79 Å². The summed E-state index contributed by atoms with van der Waals surface area (Å²) in [5, 5.41) is 14.2. The molecule has 0 spiro atoms. The van der Waals surface area contributed by atoms with E-state index in [0.717, 1.165) is 12.8 Å². The molecule has 3 N–H and O–H groups in total. The second-order valence-electron chi connectivity index (χ2n) is 4.63.